The third-order valence-corrected chi connectivity index (χ3v) is 5.40. The molecule has 3 rings (SSSR count). The summed E-state index contributed by atoms with van der Waals surface area (Å²) in [5, 5.41) is 0. The molecule has 0 N–H and O–H groups in total. The molecule has 0 radical (unpaired) electrons. The number of rotatable bonds is 7. The Morgan fingerprint density at radius 2 is 1.26 bits per heavy atom. The molecule has 1 fully saturated rings. The van der Waals surface area contributed by atoms with Crippen molar-refractivity contribution in [1.29, 1.82) is 0 Å². The van der Waals surface area contributed by atoms with E-state index < -0.39 is 0 Å². The van der Waals surface area contributed by atoms with E-state index in [1.165, 1.54) is 37.1 Å². The van der Waals surface area contributed by atoms with Gasteiger partial charge in [0.15, 0.2) is 0 Å². The number of benzene rings is 2. The van der Waals surface area contributed by atoms with Crippen molar-refractivity contribution in [3.8, 4) is 0 Å². The van der Waals surface area contributed by atoms with Crippen molar-refractivity contribution in [3.63, 3.8) is 0 Å². The van der Waals surface area contributed by atoms with E-state index in [1.54, 1.807) is 0 Å². The van der Waals surface area contributed by atoms with Crippen LogP contribution in [0.3, 0.4) is 0 Å². The molecular formula is C23H30F2N2. The van der Waals surface area contributed by atoms with Gasteiger partial charge < -0.3 is 4.90 Å². The predicted molar refractivity (Wildman–Crippen MR) is 107 cm³/mol. The van der Waals surface area contributed by atoms with Crippen molar-refractivity contribution in [3.05, 3.63) is 71.3 Å². The van der Waals surface area contributed by atoms with Gasteiger partial charge in [-0.25, -0.2) is 8.78 Å². The quantitative estimate of drug-likeness (QED) is 0.666. The highest BCUT2D eigenvalue weighted by Gasteiger charge is 2.26. The fourth-order valence-corrected chi connectivity index (χ4v) is 3.87. The van der Waals surface area contributed by atoms with Gasteiger partial charge in [-0.05, 0) is 60.7 Å². The predicted octanol–water partition coefficient (Wildman–Crippen LogP) is 5.11. The van der Waals surface area contributed by atoms with Crippen LogP contribution in [0.1, 0.15) is 43.9 Å². The standard InChI is InChI=1S/C23H30F2N2/c1-18(2)4-3-13-26-14-16-27(17-15-26)23(19-5-9-21(24)10-6-19)20-7-11-22(25)12-8-20/h5-12,18,23H,3-4,13-17H2,1-2H3. The first-order valence-electron chi connectivity index (χ1n) is 10.0. The van der Waals surface area contributed by atoms with Gasteiger partial charge in [-0.15, -0.1) is 0 Å². The van der Waals surface area contributed by atoms with E-state index in [9.17, 15) is 8.78 Å². The van der Waals surface area contributed by atoms with E-state index in [2.05, 4.69) is 23.6 Å². The van der Waals surface area contributed by atoms with Crippen LogP contribution in [-0.2, 0) is 0 Å². The molecule has 27 heavy (non-hydrogen) atoms. The van der Waals surface area contributed by atoms with E-state index in [-0.39, 0.29) is 17.7 Å². The van der Waals surface area contributed by atoms with E-state index in [1.807, 2.05) is 24.3 Å². The average Bonchev–Trinajstić information content (AvgIpc) is 2.66. The van der Waals surface area contributed by atoms with Crippen molar-refractivity contribution < 1.29 is 8.78 Å². The Balaban J connectivity index is 1.70. The highest BCUT2D eigenvalue weighted by atomic mass is 19.1. The molecule has 0 spiro atoms. The van der Waals surface area contributed by atoms with Gasteiger partial charge in [-0.1, -0.05) is 38.1 Å². The van der Waals surface area contributed by atoms with Crippen LogP contribution in [0.15, 0.2) is 48.5 Å². The minimum Gasteiger partial charge on any atom is -0.301 e. The van der Waals surface area contributed by atoms with Gasteiger partial charge in [-0.3, -0.25) is 4.90 Å². The van der Waals surface area contributed by atoms with Gasteiger partial charge in [0.2, 0.25) is 0 Å². The fourth-order valence-electron chi connectivity index (χ4n) is 3.87. The Bertz CT molecular complexity index is 644. The minimum atomic E-state index is -0.230. The molecule has 0 aliphatic carbocycles. The van der Waals surface area contributed by atoms with Crippen LogP contribution in [0, 0.1) is 17.6 Å². The van der Waals surface area contributed by atoms with E-state index in [0.29, 0.717) is 0 Å². The lowest BCUT2D eigenvalue weighted by Crippen LogP contribution is -2.48. The zero-order valence-electron chi connectivity index (χ0n) is 16.4. The lowest BCUT2D eigenvalue weighted by Gasteiger charge is -2.40. The second kappa shape index (κ2) is 9.43. The minimum absolute atomic E-state index is 0.0315. The van der Waals surface area contributed by atoms with E-state index in [4.69, 9.17) is 0 Å². The monoisotopic (exact) mass is 372 g/mol. The summed E-state index contributed by atoms with van der Waals surface area (Å²) in [5.74, 6) is 0.297. The summed E-state index contributed by atoms with van der Waals surface area (Å²) in [6.07, 6.45) is 2.52. The highest BCUT2D eigenvalue weighted by molar-refractivity contribution is 5.32. The van der Waals surface area contributed by atoms with E-state index >= 15 is 0 Å². The van der Waals surface area contributed by atoms with Gasteiger partial charge >= 0.3 is 0 Å². The maximum Gasteiger partial charge on any atom is 0.123 e. The maximum absolute atomic E-state index is 13.4. The van der Waals surface area contributed by atoms with Crippen molar-refractivity contribution in [2.75, 3.05) is 32.7 Å². The summed E-state index contributed by atoms with van der Waals surface area (Å²) in [6, 6.07) is 13.4. The molecule has 1 saturated heterocycles. The Kier molecular flexibility index (Phi) is 6.97. The Morgan fingerprint density at radius 1 is 0.778 bits per heavy atom. The summed E-state index contributed by atoms with van der Waals surface area (Å²) in [7, 11) is 0. The number of piperazine rings is 1. The molecule has 2 aromatic rings. The molecular weight excluding hydrogens is 342 g/mol. The largest absolute Gasteiger partial charge is 0.301 e. The van der Waals surface area contributed by atoms with Crippen LogP contribution >= 0.6 is 0 Å². The molecule has 0 saturated carbocycles. The number of hydrogen-bond donors (Lipinski definition) is 0. The number of halogens is 2. The molecule has 1 heterocycles. The first-order valence-corrected chi connectivity index (χ1v) is 10.0. The summed E-state index contributed by atoms with van der Waals surface area (Å²) in [6.45, 7) is 9.70. The van der Waals surface area contributed by atoms with Crippen LogP contribution in [-0.4, -0.2) is 42.5 Å². The average molecular weight is 373 g/mol. The summed E-state index contributed by atoms with van der Waals surface area (Å²) < 4.78 is 26.8. The van der Waals surface area contributed by atoms with Crippen LogP contribution in [0.25, 0.3) is 0 Å². The zero-order valence-corrected chi connectivity index (χ0v) is 16.4. The zero-order chi connectivity index (χ0) is 19.2. The molecule has 4 heteroatoms. The van der Waals surface area contributed by atoms with Crippen molar-refractivity contribution in [2.24, 2.45) is 5.92 Å². The van der Waals surface area contributed by atoms with Gasteiger partial charge in [0.05, 0.1) is 6.04 Å². The highest BCUT2D eigenvalue weighted by Crippen LogP contribution is 2.30. The topological polar surface area (TPSA) is 6.48 Å². The molecule has 1 aliphatic heterocycles. The van der Waals surface area contributed by atoms with Crippen LogP contribution in [0.2, 0.25) is 0 Å². The van der Waals surface area contributed by atoms with Crippen molar-refractivity contribution >= 4 is 0 Å². The second-order valence-corrected chi connectivity index (χ2v) is 7.92. The molecule has 1 aliphatic rings. The molecule has 0 atom stereocenters. The Morgan fingerprint density at radius 3 is 1.70 bits per heavy atom. The Labute approximate surface area is 161 Å². The summed E-state index contributed by atoms with van der Waals surface area (Å²) in [4.78, 5) is 4.96. The normalized spacial score (nSPS) is 16.4. The Hall–Kier alpha value is -1.78. The van der Waals surface area contributed by atoms with Gasteiger partial charge in [0.25, 0.3) is 0 Å². The van der Waals surface area contributed by atoms with Crippen molar-refractivity contribution in [2.45, 2.75) is 32.7 Å². The molecule has 146 valence electrons. The number of nitrogens with zero attached hydrogens (tertiary/aromatic N) is 2. The lowest BCUT2D eigenvalue weighted by atomic mass is 9.96. The number of hydrogen-bond acceptors (Lipinski definition) is 2. The molecule has 0 unspecified atom stereocenters. The fraction of sp³-hybridized carbons (Fsp3) is 0.478. The van der Waals surface area contributed by atoms with Crippen LogP contribution in [0.5, 0.6) is 0 Å². The van der Waals surface area contributed by atoms with Gasteiger partial charge in [0, 0.05) is 26.2 Å². The summed E-state index contributed by atoms with van der Waals surface area (Å²) in [5.41, 5.74) is 2.10. The molecule has 0 aromatic heterocycles. The molecule has 0 amide bonds. The molecule has 0 bridgehead atoms. The smallest absolute Gasteiger partial charge is 0.123 e. The van der Waals surface area contributed by atoms with Crippen molar-refractivity contribution in [1.82, 2.24) is 9.80 Å². The second-order valence-electron chi connectivity index (χ2n) is 7.92. The third-order valence-electron chi connectivity index (χ3n) is 5.40. The SMILES string of the molecule is CC(C)CCCN1CCN(C(c2ccc(F)cc2)c2ccc(F)cc2)CC1. The molecule has 2 aromatic carbocycles. The van der Waals surface area contributed by atoms with E-state index in [0.717, 1.165) is 49.8 Å². The van der Waals surface area contributed by atoms with Crippen LogP contribution in [0.4, 0.5) is 8.78 Å². The maximum atomic E-state index is 13.4. The first kappa shape index (κ1) is 20.0. The lowest BCUT2D eigenvalue weighted by molar-refractivity contribution is 0.107. The molecule has 2 nitrogen and oxygen atoms in total. The van der Waals surface area contributed by atoms with Crippen LogP contribution < -0.4 is 0 Å². The third kappa shape index (κ3) is 5.60. The van der Waals surface area contributed by atoms with Gasteiger partial charge in [0.1, 0.15) is 11.6 Å². The van der Waals surface area contributed by atoms with Gasteiger partial charge in [-0.2, -0.15) is 0 Å². The first-order chi connectivity index (χ1) is 13.0. The summed E-state index contributed by atoms with van der Waals surface area (Å²) >= 11 is 0.